The summed E-state index contributed by atoms with van der Waals surface area (Å²) in [6.07, 6.45) is 11.8. The van der Waals surface area contributed by atoms with E-state index in [2.05, 4.69) is 21.6 Å². The third-order valence-corrected chi connectivity index (χ3v) is 5.57. The molecule has 3 rings (SSSR count). The van der Waals surface area contributed by atoms with E-state index in [1.807, 2.05) is 0 Å². The lowest BCUT2D eigenvalue weighted by atomic mass is 9.70. The van der Waals surface area contributed by atoms with E-state index in [-0.39, 0.29) is 17.2 Å². The highest BCUT2D eigenvalue weighted by Crippen LogP contribution is 2.42. The molecule has 0 spiro atoms. The summed E-state index contributed by atoms with van der Waals surface area (Å²) in [7, 11) is 0. The summed E-state index contributed by atoms with van der Waals surface area (Å²) in [4.78, 5) is 26.3. The second-order valence-corrected chi connectivity index (χ2v) is 7.31. The smallest absolute Gasteiger partial charge is 0.234 e. The molecule has 2 aliphatic heterocycles. The van der Waals surface area contributed by atoms with E-state index in [1.165, 1.54) is 25.7 Å². The fraction of sp³-hybridized carbons (Fsp3) is 0.778. The molecule has 3 aliphatic rings. The molecule has 0 saturated carbocycles. The largest absolute Gasteiger partial charge is 0.354 e. The number of rotatable bonds is 4. The summed E-state index contributed by atoms with van der Waals surface area (Å²) in [5.74, 6) is 0.243. The molecule has 2 saturated heterocycles. The monoisotopic (exact) mass is 319 g/mol. The molecular weight excluding hydrogens is 290 g/mol. The Bertz CT molecular complexity index is 481. The highest BCUT2D eigenvalue weighted by atomic mass is 16.2. The van der Waals surface area contributed by atoms with Crippen molar-refractivity contribution in [3.63, 3.8) is 0 Å². The summed E-state index contributed by atoms with van der Waals surface area (Å²) in [6, 6.07) is 0. The summed E-state index contributed by atoms with van der Waals surface area (Å²) < 4.78 is 0. The van der Waals surface area contributed by atoms with Crippen molar-refractivity contribution in [2.45, 2.75) is 57.8 Å². The van der Waals surface area contributed by atoms with Gasteiger partial charge in [0.25, 0.3) is 0 Å². The Hall–Kier alpha value is -1.36. The normalized spacial score (nSPS) is 29.0. The molecule has 0 aromatic heterocycles. The summed E-state index contributed by atoms with van der Waals surface area (Å²) >= 11 is 0. The third kappa shape index (κ3) is 4.14. The van der Waals surface area contributed by atoms with Crippen molar-refractivity contribution in [1.82, 2.24) is 15.5 Å². The number of hydrogen-bond donors (Lipinski definition) is 2. The van der Waals surface area contributed by atoms with E-state index in [0.717, 1.165) is 44.5 Å². The number of nitrogens with one attached hydrogen (secondary N) is 2. The van der Waals surface area contributed by atoms with Crippen LogP contribution < -0.4 is 10.6 Å². The van der Waals surface area contributed by atoms with Crippen LogP contribution in [0.5, 0.6) is 0 Å². The van der Waals surface area contributed by atoms with Crippen molar-refractivity contribution in [3.8, 4) is 0 Å². The Kier molecular flexibility index (Phi) is 5.36. The van der Waals surface area contributed by atoms with Gasteiger partial charge in [0.1, 0.15) is 0 Å². The first-order valence-corrected chi connectivity index (χ1v) is 9.18. The average Bonchev–Trinajstić information content (AvgIpc) is 2.82. The van der Waals surface area contributed by atoms with Gasteiger partial charge in [-0.25, -0.2) is 0 Å². The van der Waals surface area contributed by atoms with Crippen LogP contribution in [-0.4, -0.2) is 42.9 Å². The van der Waals surface area contributed by atoms with Crippen LogP contribution in [0.4, 0.5) is 0 Å². The van der Waals surface area contributed by atoms with E-state index in [9.17, 15) is 9.59 Å². The van der Waals surface area contributed by atoms with E-state index in [4.69, 9.17) is 0 Å². The van der Waals surface area contributed by atoms with E-state index < -0.39 is 0 Å². The maximum atomic E-state index is 12.3. The summed E-state index contributed by atoms with van der Waals surface area (Å²) in [5, 5.41) is 6.19. The number of carbonyl (C=O) groups is 2. The Labute approximate surface area is 138 Å². The minimum Gasteiger partial charge on any atom is -0.354 e. The first kappa shape index (κ1) is 16.5. The molecule has 2 heterocycles. The lowest BCUT2D eigenvalue weighted by Gasteiger charge is -2.42. The van der Waals surface area contributed by atoms with Crippen LogP contribution in [0.3, 0.4) is 0 Å². The Morgan fingerprint density at radius 3 is 2.74 bits per heavy atom. The van der Waals surface area contributed by atoms with Gasteiger partial charge in [-0.15, -0.1) is 0 Å². The molecule has 128 valence electrons. The van der Waals surface area contributed by atoms with Gasteiger partial charge in [-0.3, -0.25) is 14.5 Å². The molecule has 1 atom stereocenters. The van der Waals surface area contributed by atoms with Gasteiger partial charge in [0.2, 0.25) is 11.8 Å². The van der Waals surface area contributed by atoms with Gasteiger partial charge in [0.15, 0.2) is 0 Å². The maximum Gasteiger partial charge on any atom is 0.234 e. The van der Waals surface area contributed by atoms with E-state index >= 15 is 0 Å². The van der Waals surface area contributed by atoms with Crippen molar-refractivity contribution in [1.29, 1.82) is 0 Å². The van der Waals surface area contributed by atoms with Gasteiger partial charge < -0.3 is 10.6 Å². The molecular formula is C18H29N3O2. The van der Waals surface area contributed by atoms with Crippen molar-refractivity contribution in [3.05, 3.63) is 11.8 Å². The third-order valence-electron chi connectivity index (χ3n) is 5.57. The fourth-order valence-electron chi connectivity index (χ4n) is 4.14. The lowest BCUT2D eigenvalue weighted by molar-refractivity contribution is -0.123. The number of carbonyl (C=O) groups excluding carboxylic acids is 2. The van der Waals surface area contributed by atoms with Gasteiger partial charge in [0, 0.05) is 24.1 Å². The fourth-order valence-corrected chi connectivity index (χ4v) is 4.14. The number of piperidine rings is 1. The minimum atomic E-state index is -0.0411. The lowest BCUT2D eigenvalue weighted by Crippen LogP contribution is -2.50. The van der Waals surface area contributed by atoms with Gasteiger partial charge in [0.05, 0.1) is 6.54 Å². The Morgan fingerprint density at radius 1 is 1.17 bits per heavy atom. The molecule has 23 heavy (non-hydrogen) atoms. The van der Waals surface area contributed by atoms with Crippen molar-refractivity contribution >= 4 is 11.8 Å². The predicted octanol–water partition coefficient (Wildman–Crippen LogP) is 1.94. The zero-order chi connectivity index (χ0) is 16.1. The van der Waals surface area contributed by atoms with Crippen LogP contribution in [0.2, 0.25) is 0 Å². The molecule has 0 aromatic carbocycles. The second kappa shape index (κ2) is 7.47. The minimum absolute atomic E-state index is 0.0411. The van der Waals surface area contributed by atoms with E-state index in [0.29, 0.717) is 19.5 Å². The highest BCUT2D eigenvalue weighted by Gasteiger charge is 2.40. The molecule has 2 N–H and O–H groups in total. The number of nitrogens with zero attached hydrogens (tertiary/aromatic N) is 1. The average molecular weight is 319 g/mol. The summed E-state index contributed by atoms with van der Waals surface area (Å²) in [5.41, 5.74) is 1.01. The predicted molar refractivity (Wildman–Crippen MR) is 89.7 cm³/mol. The van der Waals surface area contributed by atoms with Gasteiger partial charge in [-0.05, 0) is 51.6 Å². The number of fused-ring (bicyclic) bond motifs is 1. The first-order valence-electron chi connectivity index (χ1n) is 9.18. The number of amides is 2. The highest BCUT2D eigenvalue weighted by molar-refractivity contribution is 5.80. The molecule has 2 amide bonds. The van der Waals surface area contributed by atoms with Crippen molar-refractivity contribution in [2.75, 3.05) is 26.2 Å². The van der Waals surface area contributed by atoms with Gasteiger partial charge in [-0.1, -0.05) is 18.9 Å². The molecule has 5 heteroatoms. The van der Waals surface area contributed by atoms with Crippen LogP contribution in [0.15, 0.2) is 11.8 Å². The molecule has 1 aliphatic carbocycles. The zero-order valence-corrected chi connectivity index (χ0v) is 14.0. The Morgan fingerprint density at radius 2 is 1.96 bits per heavy atom. The molecule has 2 fully saturated rings. The standard InChI is InChI=1S/C18H29N3O2/c22-16-8-10-18(9-4-3-7-15(18)20-16)14-19-17(23)13-21-11-5-1-2-6-12-21/h7H,1-6,8-14H2,(H,19,23)(H,20,22). The van der Waals surface area contributed by atoms with Crippen LogP contribution in [0.1, 0.15) is 57.8 Å². The Balaban J connectivity index is 1.53. The maximum absolute atomic E-state index is 12.3. The van der Waals surface area contributed by atoms with Gasteiger partial charge in [-0.2, -0.15) is 0 Å². The van der Waals surface area contributed by atoms with Crippen molar-refractivity contribution in [2.24, 2.45) is 5.41 Å². The quantitative estimate of drug-likeness (QED) is 0.832. The molecule has 1 unspecified atom stereocenters. The molecule has 0 bridgehead atoms. The van der Waals surface area contributed by atoms with Crippen LogP contribution in [0, 0.1) is 5.41 Å². The summed E-state index contributed by atoms with van der Waals surface area (Å²) in [6.45, 7) is 3.26. The molecule has 0 aromatic rings. The van der Waals surface area contributed by atoms with Crippen molar-refractivity contribution < 1.29 is 9.59 Å². The second-order valence-electron chi connectivity index (χ2n) is 7.31. The topological polar surface area (TPSA) is 61.4 Å². The molecule has 0 radical (unpaired) electrons. The number of allylic oxidation sites excluding steroid dienone is 1. The van der Waals surface area contributed by atoms with Crippen LogP contribution in [-0.2, 0) is 9.59 Å². The molecule has 5 nitrogen and oxygen atoms in total. The first-order chi connectivity index (χ1) is 11.2. The number of hydrogen-bond acceptors (Lipinski definition) is 3. The zero-order valence-electron chi connectivity index (χ0n) is 14.0. The van der Waals surface area contributed by atoms with E-state index in [1.54, 1.807) is 0 Å². The SMILES string of the molecule is O=C(CN1CCCCCC1)NCC12CCCC=C1NC(=O)CC2. The van der Waals surface area contributed by atoms with Crippen LogP contribution in [0.25, 0.3) is 0 Å². The number of likely N-dealkylation sites (tertiary alicyclic amines) is 1. The van der Waals surface area contributed by atoms with Gasteiger partial charge >= 0.3 is 0 Å². The van der Waals surface area contributed by atoms with Crippen LogP contribution >= 0.6 is 0 Å².